The van der Waals surface area contributed by atoms with Crippen molar-refractivity contribution in [2.24, 2.45) is 0 Å². The number of amides is 1. The van der Waals surface area contributed by atoms with Crippen LogP contribution < -0.4 is 5.32 Å². The molecular weight excluding hydrogens is 377 g/mol. The van der Waals surface area contributed by atoms with Crippen LogP contribution >= 0.6 is 11.3 Å². The molecule has 0 aliphatic heterocycles. The number of carbonyl (C=O) groups is 1. The summed E-state index contributed by atoms with van der Waals surface area (Å²) >= 11 is 1.30. The molecule has 2 N–H and O–H groups in total. The summed E-state index contributed by atoms with van der Waals surface area (Å²) in [6, 6.07) is 13.8. The van der Waals surface area contributed by atoms with Crippen LogP contribution in [0.25, 0.3) is 27.3 Å². The number of benzene rings is 2. The SMILES string of the molecule is Cc1c(C(=O)Nc2nc3ccccc3[nH]2)sc2nc(-c3ccc(F)cc3)cn12. The Morgan fingerprint density at radius 2 is 1.93 bits per heavy atom. The number of halogens is 1. The van der Waals surface area contributed by atoms with Gasteiger partial charge in [0, 0.05) is 17.5 Å². The van der Waals surface area contributed by atoms with Gasteiger partial charge in [-0.1, -0.05) is 23.5 Å². The molecule has 5 aromatic rings. The summed E-state index contributed by atoms with van der Waals surface area (Å²) in [5.41, 5.74) is 4.00. The van der Waals surface area contributed by atoms with Crippen molar-refractivity contribution in [3.8, 4) is 11.3 Å². The highest BCUT2D eigenvalue weighted by Gasteiger charge is 2.19. The first-order chi connectivity index (χ1) is 13.6. The summed E-state index contributed by atoms with van der Waals surface area (Å²) in [5, 5.41) is 2.81. The van der Waals surface area contributed by atoms with E-state index in [1.165, 1.54) is 23.5 Å². The summed E-state index contributed by atoms with van der Waals surface area (Å²) in [5.74, 6) is -0.121. The second-order valence-electron chi connectivity index (χ2n) is 6.36. The quantitative estimate of drug-likeness (QED) is 0.470. The number of fused-ring (bicyclic) bond motifs is 2. The third-order valence-electron chi connectivity index (χ3n) is 4.52. The Morgan fingerprint density at radius 1 is 1.14 bits per heavy atom. The van der Waals surface area contributed by atoms with Crippen LogP contribution in [0.2, 0.25) is 0 Å². The lowest BCUT2D eigenvalue weighted by Crippen LogP contribution is -2.12. The van der Waals surface area contributed by atoms with Crippen molar-refractivity contribution in [3.63, 3.8) is 0 Å². The van der Waals surface area contributed by atoms with Crippen LogP contribution in [0.4, 0.5) is 10.3 Å². The number of hydrogen-bond acceptors (Lipinski definition) is 4. The predicted octanol–water partition coefficient (Wildman–Crippen LogP) is 4.64. The largest absolute Gasteiger partial charge is 0.324 e. The molecule has 0 aliphatic carbocycles. The number of thiazole rings is 1. The number of rotatable bonds is 3. The summed E-state index contributed by atoms with van der Waals surface area (Å²) in [6.07, 6.45) is 1.85. The monoisotopic (exact) mass is 391 g/mol. The molecule has 6 nitrogen and oxygen atoms in total. The van der Waals surface area contributed by atoms with Gasteiger partial charge in [-0.05, 0) is 43.3 Å². The molecule has 0 radical (unpaired) electrons. The normalized spacial score (nSPS) is 11.4. The molecule has 0 bridgehead atoms. The molecule has 138 valence electrons. The number of hydrogen-bond donors (Lipinski definition) is 2. The number of anilines is 1. The Morgan fingerprint density at radius 3 is 2.68 bits per heavy atom. The molecule has 5 rings (SSSR count). The molecule has 2 aromatic carbocycles. The van der Waals surface area contributed by atoms with E-state index in [1.54, 1.807) is 12.1 Å². The average molecular weight is 391 g/mol. The number of H-pyrrole nitrogens is 1. The van der Waals surface area contributed by atoms with Gasteiger partial charge in [-0.25, -0.2) is 14.4 Å². The van der Waals surface area contributed by atoms with Crippen molar-refractivity contribution in [2.75, 3.05) is 5.32 Å². The van der Waals surface area contributed by atoms with Gasteiger partial charge in [-0.3, -0.25) is 14.5 Å². The van der Waals surface area contributed by atoms with Gasteiger partial charge in [0.2, 0.25) is 5.95 Å². The fourth-order valence-corrected chi connectivity index (χ4v) is 4.10. The number of nitrogens with zero attached hydrogens (tertiary/aromatic N) is 3. The standard InChI is InChI=1S/C20H14FN5OS/c1-11-17(18(27)25-19-22-14-4-2-3-5-15(14)23-19)28-20-24-16(10-26(11)20)12-6-8-13(21)9-7-12/h2-10H,1H3,(H2,22,23,25,27). The molecule has 8 heteroatoms. The van der Waals surface area contributed by atoms with Gasteiger partial charge in [-0.2, -0.15) is 0 Å². The fraction of sp³-hybridized carbons (Fsp3) is 0.0500. The first-order valence-corrected chi connectivity index (χ1v) is 9.41. The van der Waals surface area contributed by atoms with E-state index in [0.29, 0.717) is 15.8 Å². The van der Waals surface area contributed by atoms with Crippen LogP contribution in [0, 0.1) is 12.7 Å². The van der Waals surface area contributed by atoms with E-state index in [1.807, 2.05) is 41.8 Å². The van der Waals surface area contributed by atoms with Crippen molar-refractivity contribution >= 4 is 39.2 Å². The topological polar surface area (TPSA) is 75.1 Å². The molecule has 28 heavy (non-hydrogen) atoms. The maximum Gasteiger partial charge on any atom is 0.269 e. The zero-order chi connectivity index (χ0) is 19.3. The van der Waals surface area contributed by atoms with Crippen molar-refractivity contribution < 1.29 is 9.18 Å². The molecule has 3 heterocycles. The molecule has 0 atom stereocenters. The van der Waals surface area contributed by atoms with Crippen LogP contribution in [0.15, 0.2) is 54.7 Å². The molecule has 0 aliphatic rings. The number of carbonyl (C=O) groups excluding carboxylic acids is 1. The third kappa shape index (κ3) is 2.74. The smallest absolute Gasteiger partial charge is 0.269 e. The highest BCUT2D eigenvalue weighted by Crippen LogP contribution is 2.28. The minimum atomic E-state index is -0.287. The highest BCUT2D eigenvalue weighted by molar-refractivity contribution is 7.19. The van der Waals surface area contributed by atoms with Gasteiger partial charge in [0.15, 0.2) is 4.96 Å². The number of aromatic nitrogens is 4. The summed E-state index contributed by atoms with van der Waals surface area (Å²) in [6.45, 7) is 1.87. The van der Waals surface area contributed by atoms with Gasteiger partial charge in [0.25, 0.3) is 5.91 Å². The lowest BCUT2D eigenvalue weighted by atomic mass is 10.2. The minimum Gasteiger partial charge on any atom is -0.324 e. The minimum absolute atomic E-state index is 0.240. The Labute approximate surface area is 162 Å². The Balaban J connectivity index is 1.45. The van der Waals surface area contributed by atoms with E-state index < -0.39 is 0 Å². The summed E-state index contributed by atoms with van der Waals surface area (Å²) < 4.78 is 15.0. The predicted molar refractivity (Wildman–Crippen MR) is 107 cm³/mol. The first kappa shape index (κ1) is 16.6. The first-order valence-electron chi connectivity index (χ1n) is 8.59. The van der Waals surface area contributed by atoms with E-state index in [2.05, 4.69) is 20.3 Å². The number of aryl methyl sites for hydroxylation is 1. The van der Waals surface area contributed by atoms with E-state index in [4.69, 9.17) is 0 Å². The van der Waals surface area contributed by atoms with E-state index in [-0.39, 0.29) is 11.7 Å². The van der Waals surface area contributed by atoms with Gasteiger partial charge in [0.05, 0.1) is 16.7 Å². The van der Waals surface area contributed by atoms with Gasteiger partial charge in [-0.15, -0.1) is 0 Å². The average Bonchev–Trinajstić information content (AvgIpc) is 3.36. The van der Waals surface area contributed by atoms with Gasteiger partial charge in [0.1, 0.15) is 10.7 Å². The van der Waals surface area contributed by atoms with Crippen molar-refractivity contribution in [3.05, 3.63) is 71.1 Å². The maximum absolute atomic E-state index is 13.1. The molecule has 0 unspecified atom stereocenters. The Hall–Kier alpha value is -3.52. The zero-order valence-corrected chi connectivity index (χ0v) is 15.5. The van der Waals surface area contributed by atoms with Gasteiger partial charge < -0.3 is 4.98 Å². The lowest BCUT2D eigenvalue weighted by Gasteiger charge is -2.00. The maximum atomic E-state index is 13.1. The fourth-order valence-electron chi connectivity index (χ4n) is 3.10. The molecule has 1 amide bonds. The van der Waals surface area contributed by atoms with E-state index in [9.17, 15) is 9.18 Å². The molecule has 3 aromatic heterocycles. The van der Waals surface area contributed by atoms with Crippen molar-refractivity contribution in [2.45, 2.75) is 6.92 Å². The Bertz CT molecular complexity index is 1300. The van der Waals surface area contributed by atoms with Crippen molar-refractivity contribution in [1.82, 2.24) is 19.4 Å². The highest BCUT2D eigenvalue weighted by atomic mass is 32.1. The summed E-state index contributed by atoms with van der Waals surface area (Å²) in [4.78, 5) is 26.0. The summed E-state index contributed by atoms with van der Waals surface area (Å²) in [7, 11) is 0. The molecule has 0 spiro atoms. The third-order valence-corrected chi connectivity index (χ3v) is 5.68. The van der Waals surface area contributed by atoms with E-state index in [0.717, 1.165) is 28.0 Å². The molecule has 0 saturated carbocycles. The lowest BCUT2D eigenvalue weighted by molar-refractivity contribution is 0.102. The molecule has 0 fully saturated rings. The molecule has 0 saturated heterocycles. The molecular formula is C20H14FN5OS. The number of aromatic amines is 1. The van der Waals surface area contributed by atoms with Crippen molar-refractivity contribution in [1.29, 1.82) is 0 Å². The second kappa shape index (κ2) is 6.28. The number of para-hydroxylation sites is 2. The second-order valence-corrected chi connectivity index (χ2v) is 7.34. The van der Waals surface area contributed by atoms with Crippen LogP contribution in [0.3, 0.4) is 0 Å². The van der Waals surface area contributed by atoms with Crippen LogP contribution in [0.5, 0.6) is 0 Å². The zero-order valence-electron chi connectivity index (χ0n) is 14.7. The van der Waals surface area contributed by atoms with Crippen LogP contribution in [-0.4, -0.2) is 25.3 Å². The van der Waals surface area contributed by atoms with E-state index >= 15 is 0 Å². The van der Waals surface area contributed by atoms with Crippen LogP contribution in [0.1, 0.15) is 15.4 Å². The Kier molecular flexibility index (Phi) is 3.73. The van der Waals surface area contributed by atoms with Gasteiger partial charge >= 0.3 is 0 Å². The van der Waals surface area contributed by atoms with Crippen LogP contribution in [-0.2, 0) is 0 Å². The number of nitrogens with one attached hydrogen (secondary N) is 2. The number of imidazole rings is 2.